The van der Waals surface area contributed by atoms with E-state index in [4.69, 9.17) is 10.7 Å². The van der Waals surface area contributed by atoms with E-state index in [9.17, 15) is 13.9 Å². The van der Waals surface area contributed by atoms with Crippen LogP contribution >= 0.6 is 10.6 Å². The maximum absolute atomic E-state index is 12.7. The van der Waals surface area contributed by atoms with Gasteiger partial charge in [-0.25, -0.2) is 4.98 Å². The second kappa shape index (κ2) is 6.84. The molecule has 1 amide bonds. The molecule has 2 aromatic heterocycles. The van der Waals surface area contributed by atoms with Crippen molar-refractivity contribution in [1.82, 2.24) is 9.38 Å². The van der Waals surface area contributed by atoms with Crippen molar-refractivity contribution in [3.05, 3.63) is 95.2 Å². The van der Waals surface area contributed by atoms with Gasteiger partial charge < -0.3 is 10.1 Å². The Morgan fingerprint density at radius 2 is 1.80 bits per heavy atom. The zero-order valence-corrected chi connectivity index (χ0v) is 16.7. The van der Waals surface area contributed by atoms with Gasteiger partial charge in [-0.2, -0.15) is 0 Å². The van der Waals surface area contributed by atoms with Crippen molar-refractivity contribution < 1.29 is 13.9 Å². The van der Waals surface area contributed by atoms with Crippen LogP contribution in [0.1, 0.15) is 22.7 Å². The molecule has 3 heterocycles. The number of nitrogens with two attached hydrogens (primary N) is 1. The summed E-state index contributed by atoms with van der Waals surface area (Å²) < 4.78 is 22.6. The number of primary amides is 1. The second-order valence-corrected chi connectivity index (χ2v) is 9.07. The molecule has 1 aliphatic heterocycles. The van der Waals surface area contributed by atoms with E-state index in [1.165, 1.54) is 5.41 Å². The van der Waals surface area contributed by atoms with Crippen LogP contribution in [0.25, 0.3) is 23.0 Å². The molecule has 0 bridgehead atoms. The Hall–Kier alpha value is -3.39. The number of nitrogens with zero attached hydrogens (tertiary/aromatic N) is 2. The van der Waals surface area contributed by atoms with Crippen LogP contribution in [-0.2, 0) is 4.79 Å². The topological polar surface area (TPSA) is 101 Å². The van der Waals surface area contributed by atoms with Crippen molar-refractivity contribution >= 4 is 28.2 Å². The van der Waals surface area contributed by atoms with Gasteiger partial charge in [-0.05, 0) is 35.4 Å². The maximum atomic E-state index is 12.7. The molecular weight excluding hydrogens is 398 g/mol. The number of hydrogen-bond acceptors (Lipinski definition) is 4. The molecular formula is C23H19N3O3S. The van der Waals surface area contributed by atoms with Crippen molar-refractivity contribution in [1.29, 1.82) is 0 Å². The quantitative estimate of drug-likeness (QED) is 0.447. The first-order valence-corrected chi connectivity index (χ1v) is 11.0. The third-order valence-corrected chi connectivity index (χ3v) is 6.82. The van der Waals surface area contributed by atoms with E-state index in [0.717, 1.165) is 11.1 Å². The van der Waals surface area contributed by atoms with Crippen LogP contribution in [0.2, 0.25) is 0 Å². The van der Waals surface area contributed by atoms with Gasteiger partial charge in [-0.3, -0.25) is 13.9 Å². The van der Waals surface area contributed by atoms with E-state index in [2.05, 4.69) is 0 Å². The Morgan fingerprint density at radius 1 is 1.03 bits per heavy atom. The minimum Gasteiger partial charge on any atom is -0.369 e. The van der Waals surface area contributed by atoms with Gasteiger partial charge in [-0.15, -0.1) is 10.6 Å². The van der Waals surface area contributed by atoms with E-state index in [1.807, 2.05) is 59.1 Å². The monoisotopic (exact) mass is 417 g/mol. The first-order chi connectivity index (χ1) is 14.5. The molecule has 5 rings (SSSR count). The fourth-order valence-corrected chi connectivity index (χ4v) is 5.20. The second-order valence-electron chi connectivity index (χ2n) is 7.17. The van der Waals surface area contributed by atoms with Crippen LogP contribution in [0.3, 0.4) is 0 Å². The van der Waals surface area contributed by atoms with Gasteiger partial charge in [0.25, 0.3) is 0 Å². The number of carbonyl (C=O) groups excluding carboxylic acids is 1. The lowest BCUT2D eigenvalue weighted by molar-refractivity contribution is -0.118. The molecule has 6 nitrogen and oxygen atoms in total. The SMILES string of the molecule is NC(=O)C(c1ccc2c(c1)S(O)(O)C=C2)c1c(-c2ccccc2)nc2ccccn12. The Kier molecular flexibility index (Phi) is 4.25. The summed E-state index contributed by atoms with van der Waals surface area (Å²) in [7, 11) is -3.02. The third kappa shape index (κ3) is 2.91. The van der Waals surface area contributed by atoms with Gasteiger partial charge in [0.1, 0.15) is 11.6 Å². The summed E-state index contributed by atoms with van der Waals surface area (Å²) in [4.78, 5) is 17.9. The van der Waals surface area contributed by atoms with Crippen LogP contribution < -0.4 is 5.73 Å². The molecule has 150 valence electrons. The summed E-state index contributed by atoms with van der Waals surface area (Å²) in [5, 5.41) is 1.39. The molecule has 0 spiro atoms. The smallest absolute Gasteiger partial charge is 0.231 e. The number of pyridine rings is 1. The minimum atomic E-state index is -3.02. The first-order valence-electron chi connectivity index (χ1n) is 9.38. The highest BCUT2D eigenvalue weighted by atomic mass is 32.3. The summed E-state index contributed by atoms with van der Waals surface area (Å²) in [5.41, 5.74) is 10.1. The van der Waals surface area contributed by atoms with Gasteiger partial charge in [0.05, 0.1) is 16.3 Å². The van der Waals surface area contributed by atoms with E-state index in [1.54, 1.807) is 24.3 Å². The lowest BCUT2D eigenvalue weighted by Crippen LogP contribution is -2.24. The Bertz CT molecular complexity index is 1310. The number of hydrogen-bond donors (Lipinski definition) is 3. The van der Waals surface area contributed by atoms with Gasteiger partial charge in [0, 0.05) is 17.2 Å². The summed E-state index contributed by atoms with van der Waals surface area (Å²) in [6.07, 6.45) is 3.53. The number of aromatic nitrogens is 2. The molecule has 7 heteroatoms. The number of benzene rings is 2. The van der Waals surface area contributed by atoms with Crippen molar-refractivity contribution in [2.24, 2.45) is 5.73 Å². The van der Waals surface area contributed by atoms with Crippen LogP contribution in [-0.4, -0.2) is 24.4 Å². The number of rotatable bonds is 4. The van der Waals surface area contributed by atoms with Gasteiger partial charge in [-0.1, -0.05) is 48.5 Å². The lowest BCUT2D eigenvalue weighted by atomic mass is 9.91. The van der Waals surface area contributed by atoms with Gasteiger partial charge >= 0.3 is 0 Å². The first kappa shape index (κ1) is 18.6. The average Bonchev–Trinajstić information content (AvgIpc) is 3.27. The largest absolute Gasteiger partial charge is 0.369 e. The molecule has 0 saturated heterocycles. The molecule has 1 unspecified atom stereocenters. The van der Waals surface area contributed by atoms with E-state index < -0.39 is 22.4 Å². The predicted octanol–water partition coefficient (Wildman–Crippen LogP) is 4.71. The standard InChI is InChI=1S/C23H19N3O3S/c24-23(27)20(17-10-9-15-11-13-30(28,29)18(15)14-17)22-21(16-6-2-1-3-7-16)25-19-8-4-5-12-26(19)22/h1-14,20,28-29H,(H2,24,27). The van der Waals surface area contributed by atoms with E-state index >= 15 is 0 Å². The highest BCUT2D eigenvalue weighted by Gasteiger charge is 2.31. The Labute approximate surface area is 174 Å². The Balaban J connectivity index is 1.77. The van der Waals surface area contributed by atoms with Crippen molar-refractivity contribution in [2.45, 2.75) is 10.8 Å². The molecule has 0 saturated carbocycles. The molecule has 0 aliphatic carbocycles. The molecule has 1 aliphatic rings. The van der Waals surface area contributed by atoms with Crippen molar-refractivity contribution in [2.75, 3.05) is 0 Å². The number of carbonyl (C=O) groups is 1. The summed E-state index contributed by atoms with van der Waals surface area (Å²) >= 11 is 0. The fraction of sp³-hybridized carbons (Fsp3) is 0.0435. The summed E-state index contributed by atoms with van der Waals surface area (Å²) in [6, 6.07) is 20.5. The highest BCUT2D eigenvalue weighted by molar-refractivity contribution is 8.27. The molecule has 4 N–H and O–H groups in total. The van der Waals surface area contributed by atoms with Crippen LogP contribution in [0.5, 0.6) is 0 Å². The minimum absolute atomic E-state index is 0.404. The van der Waals surface area contributed by atoms with Crippen LogP contribution in [0, 0.1) is 0 Å². The summed E-state index contributed by atoms with van der Waals surface area (Å²) in [5.74, 6) is -1.36. The average molecular weight is 417 g/mol. The third-order valence-electron chi connectivity index (χ3n) is 5.30. The van der Waals surface area contributed by atoms with Crippen LogP contribution in [0.4, 0.5) is 0 Å². The predicted molar refractivity (Wildman–Crippen MR) is 118 cm³/mol. The number of imidazole rings is 1. The van der Waals surface area contributed by atoms with E-state index in [0.29, 0.717) is 27.5 Å². The fourth-order valence-electron chi connectivity index (χ4n) is 3.93. The van der Waals surface area contributed by atoms with Crippen molar-refractivity contribution in [3.63, 3.8) is 0 Å². The molecule has 0 radical (unpaired) electrons. The molecule has 4 aromatic rings. The molecule has 0 fully saturated rings. The summed E-state index contributed by atoms with van der Waals surface area (Å²) in [6.45, 7) is 0. The van der Waals surface area contributed by atoms with Gasteiger partial charge in [0.2, 0.25) is 5.91 Å². The normalized spacial score (nSPS) is 16.3. The zero-order chi connectivity index (χ0) is 20.9. The highest BCUT2D eigenvalue weighted by Crippen LogP contribution is 2.56. The molecule has 1 atom stereocenters. The number of amides is 1. The van der Waals surface area contributed by atoms with Crippen LogP contribution in [0.15, 0.2) is 83.2 Å². The van der Waals surface area contributed by atoms with E-state index in [-0.39, 0.29) is 0 Å². The number of fused-ring (bicyclic) bond motifs is 2. The maximum Gasteiger partial charge on any atom is 0.231 e. The van der Waals surface area contributed by atoms with Crippen molar-refractivity contribution in [3.8, 4) is 11.3 Å². The zero-order valence-electron chi connectivity index (χ0n) is 15.8. The molecule has 2 aromatic carbocycles. The Morgan fingerprint density at radius 3 is 2.57 bits per heavy atom. The van der Waals surface area contributed by atoms with Gasteiger partial charge in [0.15, 0.2) is 0 Å². The molecule has 30 heavy (non-hydrogen) atoms. The lowest BCUT2D eigenvalue weighted by Gasteiger charge is -2.26.